The molecule has 8 heteroatoms. The Morgan fingerprint density at radius 1 is 1.03 bits per heavy atom. The first-order valence-corrected chi connectivity index (χ1v) is 11.4. The monoisotopic (exact) mass is 479 g/mol. The van der Waals surface area contributed by atoms with E-state index in [2.05, 4.69) is 4.98 Å². The molecule has 0 N–H and O–H groups in total. The van der Waals surface area contributed by atoms with Crippen LogP contribution in [0.2, 0.25) is 0 Å². The van der Waals surface area contributed by atoms with Crippen LogP contribution in [0.15, 0.2) is 71.1 Å². The molecule has 1 fully saturated rings. The van der Waals surface area contributed by atoms with Crippen molar-refractivity contribution in [1.82, 2.24) is 9.88 Å². The van der Waals surface area contributed by atoms with Crippen LogP contribution in [0.3, 0.4) is 0 Å². The van der Waals surface area contributed by atoms with Crippen molar-refractivity contribution in [2.45, 2.75) is 25.1 Å². The molecule has 0 radical (unpaired) electrons. The molecule has 180 valence electrons. The van der Waals surface area contributed by atoms with Crippen LogP contribution in [-0.2, 0) is 6.18 Å². The number of alkyl halides is 3. The van der Waals surface area contributed by atoms with Crippen LogP contribution in [0.25, 0.3) is 22.2 Å². The summed E-state index contributed by atoms with van der Waals surface area (Å²) in [5, 5.41) is 0. The lowest BCUT2D eigenvalue weighted by atomic mass is 10.0. The Labute approximate surface area is 200 Å². The summed E-state index contributed by atoms with van der Waals surface area (Å²) in [6.45, 7) is 0.432. The summed E-state index contributed by atoms with van der Waals surface area (Å²) in [6, 6.07) is 18.0. The van der Waals surface area contributed by atoms with Crippen LogP contribution in [0.5, 0.6) is 0 Å². The summed E-state index contributed by atoms with van der Waals surface area (Å²) >= 11 is 0. The summed E-state index contributed by atoms with van der Waals surface area (Å²) in [6.07, 6.45) is -3.15. The molecule has 1 atom stereocenters. The van der Waals surface area contributed by atoms with Crippen molar-refractivity contribution in [2.24, 2.45) is 0 Å². The van der Waals surface area contributed by atoms with Gasteiger partial charge >= 0.3 is 6.18 Å². The minimum atomic E-state index is -4.51. The van der Waals surface area contributed by atoms with Gasteiger partial charge in [-0.15, -0.1) is 0 Å². The van der Waals surface area contributed by atoms with Gasteiger partial charge in [0.2, 0.25) is 5.89 Å². The number of oxazole rings is 1. The number of fused-ring (bicyclic) bond motifs is 1. The number of benzene rings is 3. The lowest BCUT2D eigenvalue weighted by molar-refractivity contribution is -0.137. The number of rotatable bonds is 4. The molecule has 1 amide bonds. The molecule has 0 spiro atoms. The SMILES string of the molecule is CN(C)c1ccc(-c2ccc3oc([C@H]4CCCN4C(=O)c4cccc(C(F)(F)F)c4)nc3c2)cc1. The predicted octanol–water partition coefficient (Wildman–Crippen LogP) is 6.56. The van der Waals surface area contributed by atoms with Crippen LogP contribution in [0.4, 0.5) is 18.9 Å². The van der Waals surface area contributed by atoms with E-state index in [-0.39, 0.29) is 5.56 Å². The summed E-state index contributed by atoms with van der Waals surface area (Å²) in [5.41, 5.74) is 3.58. The fraction of sp³-hybridized carbons (Fsp3) is 0.259. The summed E-state index contributed by atoms with van der Waals surface area (Å²) in [5.74, 6) is -0.0551. The van der Waals surface area contributed by atoms with Gasteiger partial charge in [-0.25, -0.2) is 4.98 Å². The molecule has 1 aliphatic heterocycles. The summed E-state index contributed by atoms with van der Waals surface area (Å²) in [4.78, 5) is 21.4. The van der Waals surface area contributed by atoms with E-state index in [1.165, 1.54) is 12.1 Å². The van der Waals surface area contributed by atoms with Crippen molar-refractivity contribution < 1.29 is 22.4 Å². The van der Waals surface area contributed by atoms with E-state index in [0.717, 1.165) is 35.4 Å². The third-order valence-corrected chi connectivity index (χ3v) is 6.36. The lowest BCUT2D eigenvalue weighted by Crippen LogP contribution is -2.31. The number of likely N-dealkylation sites (tertiary alicyclic amines) is 1. The Kier molecular flexibility index (Phi) is 5.75. The van der Waals surface area contributed by atoms with Gasteiger partial charge < -0.3 is 14.2 Å². The van der Waals surface area contributed by atoms with Gasteiger partial charge in [0.25, 0.3) is 5.91 Å². The zero-order valence-electron chi connectivity index (χ0n) is 19.3. The third kappa shape index (κ3) is 4.48. The maximum absolute atomic E-state index is 13.1. The number of halogens is 3. The van der Waals surface area contributed by atoms with Crippen LogP contribution < -0.4 is 4.90 Å². The molecular formula is C27H24F3N3O2. The first-order chi connectivity index (χ1) is 16.7. The van der Waals surface area contributed by atoms with Crippen molar-refractivity contribution in [3.05, 3.63) is 83.7 Å². The Morgan fingerprint density at radius 2 is 1.77 bits per heavy atom. The zero-order valence-corrected chi connectivity index (χ0v) is 19.3. The van der Waals surface area contributed by atoms with Crippen molar-refractivity contribution in [2.75, 3.05) is 25.5 Å². The molecule has 4 aromatic rings. The predicted molar refractivity (Wildman–Crippen MR) is 128 cm³/mol. The van der Waals surface area contributed by atoms with Gasteiger partial charge in [-0.2, -0.15) is 13.2 Å². The number of nitrogens with zero attached hydrogens (tertiary/aromatic N) is 3. The summed E-state index contributed by atoms with van der Waals surface area (Å²) < 4.78 is 45.4. The zero-order chi connectivity index (χ0) is 24.7. The Morgan fingerprint density at radius 3 is 2.49 bits per heavy atom. The van der Waals surface area contributed by atoms with Gasteiger partial charge in [-0.1, -0.05) is 24.3 Å². The molecule has 1 aliphatic rings. The van der Waals surface area contributed by atoms with Gasteiger partial charge in [0.1, 0.15) is 11.6 Å². The van der Waals surface area contributed by atoms with E-state index in [1.54, 1.807) is 4.90 Å². The number of carbonyl (C=O) groups excluding carboxylic acids is 1. The van der Waals surface area contributed by atoms with Gasteiger partial charge in [-0.05, 0) is 66.4 Å². The number of aromatic nitrogens is 1. The van der Waals surface area contributed by atoms with Crippen LogP contribution in [0, 0.1) is 0 Å². The molecule has 35 heavy (non-hydrogen) atoms. The van der Waals surface area contributed by atoms with Gasteiger partial charge in [0.05, 0.1) is 5.56 Å². The maximum Gasteiger partial charge on any atom is 0.416 e. The van der Waals surface area contributed by atoms with Gasteiger partial charge in [0, 0.05) is 31.9 Å². The van der Waals surface area contributed by atoms with Crippen LogP contribution >= 0.6 is 0 Å². The molecule has 5 rings (SSSR count). The normalized spacial score (nSPS) is 16.1. The minimum absolute atomic E-state index is 0.00583. The number of anilines is 1. The van der Waals surface area contributed by atoms with Crippen molar-refractivity contribution in [3.63, 3.8) is 0 Å². The van der Waals surface area contributed by atoms with E-state index in [1.807, 2.05) is 61.5 Å². The number of hydrogen-bond donors (Lipinski definition) is 0. The summed E-state index contributed by atoms with van der Waals surface area (Å²) in [7, 11) is 3.98. The quantitative estimate of drug-likeness (QED) is 0.333. The molecule has 0 aliphatic carbocycles. The van der Waals surface area contributed by atoms with Gasteiger partial charge in [-0.3, -0.25) is 4.79 Å². The number of carbonyl (C=O) groups is 1. The molecule has 5 nitrogen and oxygen atoms in total. The molecule has 1 aromatic heterocycles. The third-order valence-electron chi connectivity index (χ3n) is 6.36. The highest BCUT2D eigenvalue weighted by Crippen LogP contribution is 2.36. The molecule has 1 saturated heterocycles. The topological polar surface area (TPSA) is 49.6 Å². The largest absolute Gasteiger partial charge is 0.438 e. The average molecular weight is 480 g/mol. The fourth-order valence-corrected chi connectivity index (χ4v) is 4.48. The Hall–Kier alpha value is -3.81. The average Bonchev–Trinajstić information content (AvgIpc) is 3.49. The second kappa shape index (κ2) is 8.76. The number of hydrogen-bond acceptors (Lipinski definition) is 4. The Balaban J connectivity index is 1.42. The van der Waals surface area contributed by atoms with Crippen LogP contribution in [0.1, 0.15) is 40.7 Å². The lowest BCUT2D eigenvalue weighted by Gasteiger charge is -2.22. The first-order valence-electron chi connectivity index (χ1n) is 11.4. The first kappa shape index (κ1) is 23.0. The van der Waals surface area contributed by atoms with E-state index in [0.29, 0.717) is 30.0 Å². The van der Waals surface area contributed by atoms with Gasteiger partial charge in [0.15, 0.2) is 5.58 Å². The number of amides is 1. The Bertz CT molecular complexity index is 1380. The standard InChI is InChI=1S/C27H24F3N3O2/c1-32(2)21-11-8-17(9-12-21)18-10-13-24-22(16-18)31-25(35-24)23-7-4-14-33(23)26(34)19-5-3-6-20(15-19)27(28,29)30/h3,5-6,8-13,15-16,23H,4,7,14H2,1-2H3/t23-/m1/s1. The fourth-order valence-electron chi connectivity index (χ4n) is 4.48. The van der Waals surface area contributed by atoms with Crippen molar-refractivity contribution >= 4 is 22.7 Å². The molecular weight excluding hydrogens is 455 g/mol. The molecule has 2 heterocycles. The highest BCUT2D eigenvalue weighted by atomic mass is 19.4. The molecule has 0 saturated carbocycles. The second-order valence-corrected chi connectivity index (χ2v) is 8.91. The molecule has 3 aromatic carbocycles. The molecule has 0 unspecified atom stereocenters. The van der Waals surface area contributed by atoms with Crippen molar-refractivity contribution in [3.8, 4) is 11.1 Å². The van der Waals surface area contributed by atoms with E-state index in [4.69, 9.17) is 4.42 Å². The van der Waals surface area contributed by atoms with Crippen molar-refractivity contribution in [1.29, 1.82) is 0 Å². The van der Waals surface area contributed by atoms with Crippen LogP contribution in [-0.4, -0.2) is 36.4 Å². The maximum atomic E-state index is 13.1. The smallest absolute Gasteiger partial charge is 0.416 e. The minimum Gasteiger partial charge on any atom is -0.438 e. The van der Waals surface area contributed by atoms with E-state index in [9.17, 15) is 18.0 Å². The van der Waals surface area contributed by atoms with E-state index >= 15 is 0 Å². The molecule has 0 bridgehead atoms. The van der Waals surface area contributed by atoms with E-state index < -0.39 is 23.7 Å². The highest BCUT2D eigenvalue weighted by Gasteiger charge is 2.36. The highest BCUT2D eigenvalue weighted by molar-refractivity contribution is 5.95. The second-order valence-electron chi connectivity index (χ2n) is 8.91.